The summed E-state index contributed by atoms with van der Waals surface area (Å²) in [5.74, 6) is 0.160. The van der Waals surface area contributed by atoms with E-state index in [2.05, 4.69) is 11.1 Å². The highest BCUT2D eigenvalue weighted by molar-refractivity contribution is 5.80. The molecule has 0 radical (unpaired) electrons. The third kappa shape index (κ3) is 2.74. The van der Waals surface area contributed by atoms with Crippen LogP contribution in [0.2, 0.25) is 0 Å². The smallest absolute Gasteiger partial charge is 0.278 e. The van der Waals surface area contributed by atoms with Crippen molar-refractivity contribution in [3.63, 3.8) is 0 Å². The summed E-state index contributed by atoms with van der Waals surface area (Å²) in [6.07, 6.45) is 0.583. The Kier molecular flexibility index (Phi) is 3.48. The summed E-state index contributed by atoms with van der Waals surface area (Å²) in [6, 6.07) is 6.49. The van der Waals surface area contributed by atoms with Crippen LogP contribution in [0.15, 0.2) is 24.3 Å². The molecular formula is C10H15N2O2+. The second-order valence-electron chi connectivity index (χ2n) is 3.18. The highest BCUT2D eigenvalue weighted by Gasteiger charge is 2.15. The Morgan fingerprint density at radius 3 is 2.57 bits per heavy atom. The van der Waals surface area contributed by atoms with Crippen LogP contribution < -0.4 is 11.1 Å². The van der Waals surface area contributed by atoms with Crippen molar-refractivity contribution in [3.8, 4) is 5.75 Å². The van der Waals surface area contributed by atoms with Gasteiger partial charge in [0.1, 0.15) is 5.75 Å². The van der Waals surface area contributed by atoms with E-state index in [0.717, 1.165) is 5.56 Å². The van der Waals surface area contributed by atoms with Gasteiger partial charge >= 0.3 is 0 Å². The van der Waals surface area contributed by atoms with E-state index in [1.165, 1.54) is 0 Å². The molecule has 0 fully saturated rings. The molecule has 4 heteroatoms. The van der Waals surface area contributed by atoms with E-state index in [1.807, 2.05) is 0 Å². The molecule has 1 rings (SSSR count). The maximum Gasteiger partial charge on any atom is 0.278 e. The molecule has 1 aromatic rings. The molecule has 0 heterocycles. The number of rotatable bonds is 3. The van der Waals surface area contributed by atoms with Crippen LogP contribution in [0.5, 0.6) is 5.75 Å². The number of aromatic hydroxyl groups is 1. The van der Waals surface area contributed by atoms with Crippen LogP contribution >= 0.6 is 0 Å². The van der Waals surface area contributed by atoms with Gasteiger partial charge in [0.05, 0.1) is 0 Å². The van der Waals surface area contributed by atoms with Crippen molar-refractivity contribution in [1.82, 2.24) is 5.32 Å². The van der Waals surface area contributed by atoms with E-state index >= 15 is 0 Å². The Morgan fingerprint density at radius 1 is 1.50 bits per heavy atom. The van der Waals surface area contributed by atoms with Gasteiger partial charge in [0.15, 0.2) is 6.04 Å². The second-order valence-corrected chi connectivity index (χ2v) is 3.18. The second kappa shape index (κ2) is 4.62. The van der Waals surface area contributed by atoms with E-state index in [9.17, 15) is 4.79 Å². The summed E-state index contributed by atoms with van der Waals surface area (Å²) >= 11 is 0. The molecule has 0 bridgehead atoms. The molecule has 0 aliphatic carbocycles. The summed E-state index contributed by atoms with van der Waals surface area (Å²) in [5, 5.41) is 11.6. The summed E-state index contributed by atoms with van der Waals surface area (Å²) < 4.78 is 0. The zero-order chi connectivity index (χ0) is 10.6. The molecule has 76 valence electrons. The number of hydrogen-bond donors (Lipinski definition) is 3. The maximum absolute atomic E-state index is 11.2. The Hall–Kier alpha value is -1.55. The predicted molar refractivity (Wildman–Crippen MR) is 52.6 cm³/mol. The number of benzene rings is 1. The lowest BCUT2D eigenvalue weighted by molar-refractivity contribution is -0.403. The summed E-state index contributed by atoms with van der Waals surface area (Å²) in [6.45, 7) is 0. The Morgan fingerprint density at radius 2 is 2.07 bits per heavy atom. The fourth-order valence-corrected chi connectivity index (χ4v) is 1.21. The van der Waals surface area contributed by atoms with Crippen molar-refractivity contribution in [3.05, 3.63) is 29.8 Å². The van der Waals surface area contributed by atoms with Gasteiger partial charge in [-0.15, -0.1) is 0 Å². The van der Waals surface area contributed by atoms with Gasteiger partial charge in [-0.25, -0.2) is 0 Å². The molecule has 1 amide bonds. The Bertz CT molecular complexity index is 308. The molecule has 0 aromatic heterocycles. The van der Waals surface area contributed by atoms with Gasteiger partial charge in [-0.2, -0.15) is 0 Å². The lowest BCUT2D eigenvalue weighted by atomic mass is 10.1. The van der Waals surface area contributed by atoms with E-state index in [1.54, 1.807) is 31.3 Å². The van der Waals surface area contributed by atoms with Crippen LogP contribution in [0.25, 0.3) is 0 Å². The van der Waals surface area contributed by atoms with Crippen molar-refractivity contribution < 1.29 is 15.6 Å². The molecule has 14 heavy (non-hydrogen) atoms. The number of carbonyl (C=O) groups is 1. The fourth-order valence-electron chi connectivity index (χ4n) is 1.21. The summed E-state index contributed by atoms with van der Waals surface area (Å²) in [4.78, 5) is 11.2. The number of likely N-dealkylation sites (N-methyl/N-ethyl adjacent to an activating group) is 1. The first kappa shape index (κ1) is 10.5. The molecule has 4 nitrogen and oxygen atoms in total. The van der Waals surface area contributed by atoms with Crippen LogP contribution in [0.3, 0.4) is 0 Å². The summed E-state index contributed by atoms with van der Waals surface area (Å²) in [7, 11) is 1.59. The van der Waals surface area contributed by atoms with Gasteiger partial charge in [0.25, 0.3) is 5.91 Å². The van der Waals surface area contributed by atoms with Gasteiger partial charge in [-0.3, -0.25) is 4.79 Å². The quantitative estimate of drug-likeness (QED) is 0.596. The molecule has 1 atom stereocenters. The number of amides is 1. The molecule has 0 unspecified atom stereocenters. The number of phenolic OH excluding ortho intramolecular Hbond substituents is 1. The van der Waals surface area contributed by atoms with Crippen LogP contribution in [-0.2, 0) is 11.2 Å². The summed E-state index contributed by atoms with van der Waals surface area (Å²) in [5.41, 5.74) is 4.74. The Labute approximate surface area is 82.7 Å². The zero-order valence-electron chi connectivity index (χ0n) is 8.16. The third-order valence-corrected chi connectivity index (χ3v) is 2.04. The van der Waals surface area contributed by atoms with Crippen molar-refractivity contribution in [2.24, 2.45) is 0 Å². The van der Waals surface area contributed by atoms with Gasteiger partial charge in [-0.05, 0) is 17.7 Å². The monoisotopic (exact) mass is 195 g/mol. The molecule has 0 aliphatic rings. The van der Waals surface area contributed by atoms with Gasteiger partial charge in [-0.1, -0.05) is 12.1 Å². The minimum atomic E-state index is -0.287. The lowest BCUT2D eigenvalue weighted by Crippen LogP contribution is -2.68. The van der Waals surface area contributed by atoms with Crippen molar-refractivity contribution in [1.29, 1.82) is 0 Å². The van der Waals surface area contributed by atoms with Crippen molar-refractivity contribution in [2.45, 2.75) is 12.5 Å². The lowest BCUT2D eigenvalue weighted by Gasteiger charge is -2.06. The van der Waals surface area contributed by atoms with E-state index < -0.39 is 0 Å². The minimum Gasteiger partial charge on any atom is -0.508 e. The highest BCUT2D eigenvalue weighted by Crippen LogP contribution is 2.10. The number of quaternary nitrogens is 1. The normalized spacial score (nSPS) is 12.1. The minimum absolute atomic E-state index is 0.0712. The first-order valence-electron chi connectivity index (χ1n) is 4.46. The highest BCUT2D eigenvalue weighted by atomic mass is 16.3. The van der Waals surface area contributed by atoms with Crippen LogP contribution in [0.4, 0.5) is 0 Å². The first-order chi connectivity index (χ1) is 6.63. The van der Waals surface area contributed by atoms with Crippen molar-refractivity contribution in [2.75, 3.05) is 7.05 Å². The average molecular weight is 195 g/mol. The molecule has 5 N–H and O–H groups in total. The molecule has 0 saturated carbocycles. The molecule has 1 aromatic carbocycles. The maximum atomic E-state index is 11.2. The van der Waals surface area contributed by atoms with Gasteiger partial charge in [0.2, 0.25) is 0 Å². The standard InChI is InChI=1S/C10H14N2O2/c1-12-10(14)9(11)6-7-2-4-8(13)5-3-7/h2-5,9,13H,6,11H2,1H3,(H,12,14)/p+1/t9-/m0/s1. The van der Waals surface area contributed by atoms with Crippen LogP contribution in [0, 0.1) is 0 Å². The van der Waals surface area contributed by atoms with E-state index in [4.69, 9.17) is 5.11 Å². The molecule has 0 saturated heterocycles. The van der Waals surface area contributed by atoms with Gasteiger partial charge in [0, 0.05) is 13.5 Å². The Balaban J connectivity index is 2.60. The number of carbonyl (C=O) groups excluding carboxylic acids is 1. The number of hydrogen-bond acceptors (Lipinski definition) is 2. The van der Waals surface area contributed by atoms with E-state index in [0.29, 0.717) is 6.42 Å². The largest absolute Gasteiger partial charge is 0.508 e. The number of nitrogens with one attached hydrogen (secondary N) is 1. The predicted octanol–water partition coefficient (Wildman–Crippen LogP) is -0.709. The van der Waals surface area contributed by atoms with E-state index in [-0.39, 0.29) is 17.7 Å². The molecule has 0 aliphatic heterocycles. The van der Waals surface area contributed by atoms with Crippen molar-refractivity contribution >= 4 is 5.91 Å². The topological polar surface area (TPSA) is 77.0 Å². The first-order valence-corrected chi connectivity index (χ1v) is 4.46. The molecular weight excluding hydrogens is 180 g/mol. The zero-order valence-corrected chi connectivity index (χ0v) is 8.16. The molecule has 0 spiro atoms. The average Bonchev–Trinajstić information content (AvgIpc) is 2.20. The van der Waals surface area contributed by atoms with Crippen LogP contribution in [0.1, 0.15) is 5.56 Å². The SMILES string of the molecule is CNC(=O)[C@@H]([NH3+])Cc1ccc(O)cc1. The number of phenols is 1. The fraction of sp³-hybridized carbons (Fsp3) is 0.300. The van der Waals surface area contributed by atoms with Crippen LogP contribution in [-0.4, -0.2) is 24.1 Å². The third-order valence-electron chi connectivity index (χ3n) is 2.04. The van der Waals surface area contributed by atoms with Gasteiger partial charge < -0.3 is 16.2 Å².